The number of nitrogens with one attached hydrogen (secondary N) is 2. The minimum absolute atomic E-state index is 0. The van der Waals surface area contributed by atoms with Gasteiger partial charge in [0.15, 0.2) is 12.5 Å². The van der Waals surface area contributed by atoms with Gasteiger partial charge in [-0.05, 0) is 52.6 Å². The summed E-state index contributed by atoms with van der Waals surface area (Å²) < 4.78 is 11.1. The number of halogens is 2. The molecule has 0 radical (unpaired) electrons. The van der Waals surface area contributed by atoms with Crippen molar-refractivity contribution in [2.24, 2.45) is 0 Å². The lowest BCUT2D eigenvalue weighted by Gasteiger charge is -2.35. The summed E-state index contributed by atoms with van der Waals surface area (Å²) in [6, 6.07) is 0. The number of nitrogens with zero attached hydrogens (tertiary/aromatic N) is 2. The minimum Gasteiger partial charge on any atom is -0.430 e. The third-order valence-corrected chi connectivity index (χ3v) is 5.21. The predicted octanol–water partition coefficient (Wildman–Crippen LogP) is 4.36. The molecule has 1 heterocycles. The zero-order valence-corrected chi connectivity index (χ0v) is 21.3. The molecule has 1 aliphatic heterocycles. The minimum atomic E-state index is -0.500. The zero-order valence-electron chi connectivity index (χ0n) is 19.7. The topological polar surface area (TPSA) is 83.1 Å². The summed E-state index contributed by atoms with van der Waals surface area (Å²) >= 11 is 0. The molecular weight excluding hydrogens is 443 g/mol. The Morgan fingerprint density at radius 2 is 1.32 bits per heavy atom. The number of likely N-dealkylation sites (tertiary alicyclic amines) is 1. The third-order valence-electron chi connectivity index (χ3n) is 5.21. The Bertz CT molecular complexity index is 439. The monoisotopic (exact) mass is 486 g/mol. The fourth-order valence-electron chi connectivity index (χ4n) is 3.36. The molecule has 2 amide bonds. The Hall–Kier alpha value is -0.960. The molecule has 0 saturated carbocycles. The maximum Gasteiger partial charge on any atom is 0.408 e. The maximum atomic E-state index is 12.1. The van der Waals surface area contributed by atoms with Crippen molar-refractivity contribution in [3.05, 3.63) is 0 Å². The third kappa shape index (κ3) is 14.7. The summed E-state index contributed by atoms with van der Waals surface area (Å²) in [5, 5.41) is 5.54. The molecule has 2 atom stereocenters. The Morgan fingerprint density at radius 1 is 0.871 bits per heavy atom. The van der Waals surface area contributed by atoms with Gasteiger partial charge < -0.3 is 25.0 Å². The number of carbonyl (C=O) groups is 2. The number of hydrogen-bond donors (Lipinski definition) is 2. The smallest absolute Gasteiger partial charge is 0.408 e. The predicted molar refractivity (Wildman–Crippen MR) is 129 cm³/mol. The Labute approximate surface area is 201 Å². The number of piperidine rings is 1. The highest BCUT2D eigenvalue weighted by molar-refractivity contribution is 5.85. The Morgan fingerprint density at radius 3 is 1.74 bits per heavy atom. The van der Waals surface area contributed by atoms with E-state index in [2.05, 4.69) is 29.4 Å². The molecule has 0 aromatic rings. The fraction of sp³-hybridized carbons (Fsp3) is 0.905. The summed E-state index contributed by atoms with van der Waals surface area (Å²) in [6.07, 6.45) is 5.71. The quantitative estimate of drug-likeness (QED) is 0.297. The molecule has 2 unspecified atom stereocenters. The first-order chi connectivity index (χ1) is 14.0. The first kappa shape index (κ1) is 32.2. The van der Waals surface area contributed by atoms with Crippen molar-refractivity contribution in [3.8, 4) is 0 Å². The van der Waals surface area contributed by atoms with E-state index in [1.165, 1.54) is 19.3 Å². The summed E-state index contributed by atoms with van der Waals surface area (Å²) in [4.78, 5) is 28.5. The Kier molecular flexibility index (Phi) is 20.5. The van der Waals surface area contributed by atoms with Crippen LogP contribution in [0.5, 0.6) is 0 Å². The number of carbonyl (C=O) groups excluding carboxylic acids is 2. The van der Waals surface area contributed by atoms with Crippen LogP contribution in [0, 0.1) is 0 Å². The van der Waals surface area contributed by atoms with Crippen LogP contribution in [-0.4, -0.2) is 73.7 Å². The van der Waals surface area contributed by atoms with Gasteiger partial charge in [0.25, 0.3) is 0 Å². The first-order valence-corrected chi connectivity index (χ1v) is 11.3. The van der Waals surface area contributed by atoms with Crippen LogP contribution in [0.15, 0.2) is 0 Å². The molecule has 2 N–H and O–H groups in total. The fourth-order valence-corrected chi connectivity index (χ4v) is 3.36. The molecule has 10 heteroatoms. The molecular formula is C21H44Cl2N4O4. The van der Waals surface area contributed by atoms with Crippen molar-refractivity contribution in [2.45, 2.75) is 85.1 Å². The van der Waals surface area contributed by atoms with Crippen LogP contribution in [0.1, 0.15) is 72.6 Å². The summed E-state index contributed by atoms with van der Waals surface area (Å²) in [7, 11) is 0. The van der Waals surface area contributed by atoms with Gasteiger partial charge in [0, 0.05) is 26.2 Å². The largest absolute Gasteiger partial charge is 0.430 e. The number of amides is 2. The first-order valence-electron chi connectivity index (χ1n) is 11.3. The van der Waals surface area contributed by atoms with Gasteiger partial charge in [0.05, 0.1) is 0 Å². The van der Waals surface area contributed by atoms with Crippen LogP contribution in [0.3, 0.4) is 0 Å². The SMILES string of the molecule is CCCCNC(=O)OC(C)N(CCN1CCCCC1)C(C)OC(=O)NCCCC.Cl.Cl. The van der Waals surface area contributed by atoms with Crippen LogP contribution >= 0.6 is 24.8 Å². The van der Waals surface area contributed by atoms with Crippen molar-refractivity contribution in [3.63, 3.8) is 0 Å². The molecule has 0 spiro atoms. The number of hydrogen-bond acceptors (Lipinski definition) is 6. The molecule has 1 saturated heterocycles. The number of ether oxygens (including phenoxy) is 2. The molecule has 0 aromatic heterocycles. The van der Waals surface area contributed by atoms with Gasteiger partial charge in [-0.3, -0.25) is 0 Å². The van der Waals surface area contributed by atoms with Crippen molar-refractivity contribution >= 4 is 37.0 Å². The second-order valence-electron chi connectivity index (χ2n) is 7.71. The van der Waals surface area contributed by atoms with Gasteiger partial charge in [-0.1, -0.05) is 33.1 Å². The summed E-state index contributed by atoms with van der Waals surface area (Å²) in [5.41, 5.74) is 0. The van der Waals surface area contributed by atoms with E-state index in [0.717, 1.165) is 45.3 Å². The van der Waals surface area contributed by atoms with E-state index >= 15 is 0 Å². The molecule has 186 valence electrons. The second kappa shape index (κ2) is 19.7. The molecule has 0 aliphatic carbocycles. The number of rotatable bonds is 13. The Balaban J connectivity index is 0. The van der Waals surface area contributed by atoms with Crippen LogP contribution in [0.4, 0.5) is 9.59 Å². The summed E-state index contributed by atoms with van der Waals surface area (Å²) in [6.45, 7) is 12.7. The molecule has 1 rings (SSSR count). The van der Waals surface area contributed by atoms with Crippen molar-refractivity contribution in [1.82, 2.24) is 20.4 Å². The van der Waals surface area contributed by atoms with Crippen LogP contribution in [-0.2, 0) is 9.47 Å². The van der Waals surface area contributed by atoms with E-state index < -0.39 is 24.6 Å². The van der Waals surface area contributed by atoms with Gasteiger partial charge >= 0.3 is 12.2 Å². The lowest BCUT2D eigenvalue weighted by Crippen LogP contribution is -2.50. The maximum absolute atomic E-state index is 12.1. The van der Waals surface area contributed by atoms with Gasteiger partial charge in [0.1, 0.15) is 0 Å². The van der Waals surface area contributed by atoms with E-state index in [4.69, 9.17) is 9.47 Å². The molecule has 0 aromatic carbocycles. The van der Waals surface area contributed by atoms with E-state index in [-0.39, 0.29) is 24.8 Å². The van der Waals surface area contributed by atoms with Gasteiger partial charge in [0.2, 0.25) is 0 Å². The number of alkyl carbamates (subject to hydrolysis) is 2. The number of unbranched alkanes of at least 4 members (excludes halogenated alkanes) is 2. The normalized spacial score (nSPS) is 15.8. The standard InChI is InChI=1S/C21H42N4O4.2ClH/c1-5-7-12-22-20(26)28-18(3)25(17-16-24-14-10-9-11-15-24)19(4)29-21(27)23-13-8-6-2;;/h18-19H,5-17H2,1-4H3,(H,22,26)(H,23,27);2*1H. The average molecular weight is 488 g/mol. The highest BCUT2D eigenvalue weighted by Gasteiger charge is 2.26. The molecule has 1 aliphatic rings. The molecule has 0 bridgehead atoms. The van der Waals surface area contributed by atoms with Crippen molar-refractivity contribution < 1.29 is 19.1 Å². The van der Waals surface area contributed by atoms with Crippen LogP contribution < -0.4 is 10.6 Å². The lowest BCUT2D eigenvalue weighted by molar-refractivity contribution is -0.0943. The van der Waals surface area contributed by atoms with Crippen molar-refractivity contribution in [2.75, 3.05) is 39.3 Å². The molecule has 31 heavy (non-hydrogen) atoms. The van der Waals surface area contributed by atoms with E-state index in [1.54, 1.807) is 0 Å². The molecule has 8 nitrogen and oxygen atoms in total. The average Bonchev–Trinajstić information content (AvgIpc) is 2.69. The van der Waals surface area contributed by atoms with Crippen LogP contribution in [0.25, 0.3) is 0 Å². The summed E-state index contributed by atoms with van der Waals surface area (Å²) in [5.74, 6) is 0. The molecule has 1 fully saturated rings. The van der Waals surface area contributed by atoms with E-state index in [0.29, 0.717) is 19.6 Å². The van der Waals surface area contributed by atoms with Crippen LogP contribution in [0.2, 0.25) is 0 Å². The lowest BCUT2D eigenvalue weighted by atomic mass is 10.1. The highest BCUT2D eigenvalue weighted by Crippen LogP contribution is 2.12. The second-order valence-corrected chi connectivity index (χ2v) is 7.71. The van der Waals surface area contributed by atoms with E-state index in [9.17, 15) is 9.59 Å². The van der Waals surface area contributed by atoms with Gasteiger partial charge in [-0.15, -0.1) is 24.8 Å². The highest BCUT2D eigenvalue weighted by atomic mass is 35.5. The van der Waals surface area contributed by atoms with Gasteiger partial charge in [-0.2, -0.15) is 0 Å². The van der Waals surface area contributed by atoms with Crippen molar-refractivity contribution in [1.29, 1.82) is 0 Å². The van der Waals surface area contributed by atoms with E-state index in [1.807, 2.05) is 18.7 Å². The van der Waals surface area contributed by atoms with Gasteiger partial charge in [-0.25, -0.2) is 14.5 Å². The zero-order chi connectivity index (χ0) is 21.5.